The monoisotopic (exact) mass is 592 g/mol. The van der Waals surface area contributed by atoms with Crippen molar-refractivity contribution in [3.05, 3.63) is 71.8 Å². The molecule has 0 atom stereocenters. The second-order valence-electron chi connectivity index (χ2n) is 15.3. The smallest absolute Gasteiger partial charge is 0.217 e. The van der Waals surface area contributed by atoms with Crippen molar-refractivity contribution >= 4 is 59.9 Å². The van der Waals surface area contributed by atoms with Crippen LogP contribution in [0.1, 0.15) is 38.8 Å². The molecule has 0 radical (unpaired) electrons. The average molecular weight is 593 g/mol. The average Bonchev–Trinajstić information content (AvgIpc) is 3.45. The molecule has 2 aliphatic rings. The normalized spacial score (nSPS) is 18.1. The van der Waals surface area contributed by atoms with Gasteiger partial charge in [-0.3, -0.25) is 0 Å². The number of aliphatic imine (C=N–C) groups is 2. The number of fused-ring (bicyclic) bond motifs is 2. The molecule has 2 heterocycles. The summed E-state index contributed by atoms with van der Waals surface area (Å²) in [5, 5.41) is 7.65. The summed E-state index contributed by atoms with van der Waals surface area (Å²) >= 11 is 0. The van der Waals surface area contributed by atoms with Crippen molar-refractivity contribution in [3.8, 4) is 11.1 Å². The van der Waals surface area contributed by atoms with Gasteiger partial charge < -0.3 is 9.47 Å². The first-order chi connectivity index (χ1) is 19.6. The van der Waals surface area contributed by atoms with Gasteiger partial charge in [-0.15, -0.1) is 0 Å². The minimum atomic E-state index is -1.88. The van der Waals surface area contributed by atoms with E-state index >= 15 is 0 Å². The number of benzene rings is 4. The summed E-state index contributed by atoms with van der Waals surface area (Å²) in [6, 6.07) is 22.5. The fourth-order valence-corrected chi connectivity index (χ4v) is 9.41. The SMILES string of the molecule is CC1(C)COC(c2c([Si](C)(C)C)cc3ccccc3c2-c2c(C3=NC(C)(C)CO3)c([Si](C)(C)C)cc3ccccc23)=N1. The third-order valence-electron chi connectivity index (χ3n) is 8.33. The third-order valence-corrected chi connectivity index (χ3v) is 12.3. The second-order valence-corrected chi connectivity index (χ2v) is 25.4. The predicted molar refractivity (Wildman–Crippen MR) is 186 cm³/mol. The van der Waals surface area contributed by atoms with Gasteiger partial charge in [0.2, 0.25) is 11.8 Å². The van der Waals surface area contributed by atoms with Crippen molar-refractivity contribution in [2.45, 2.75) is 78.1 Å². The van der Waals surface area contributed by atoms with E-state index in [1.807, 2.05) is 0 Å². The Kier molecular flexibility index (Phi) is 6.63. The maximum absolute atomic E-state index is 6.53. The van der Waals surface area contributed by atoms with Crippen molar-refractivity contribution in [2.75, 3.05) is 13.2 Å². The molecule has 6 heteroatoms. The van der Waals surface area contributed by atoms with Gasteiger partial charge in [0.05, 0.1) is 27.2 Å². The van der Waals surface area contributed by atoms with Gasteiger partial charge in [-0.2, -0.15) is 0 Å². The van der Waals surface area contributed by atoms with E-state index in [0.717, 1.165) is 22.9 Å². The number of ether oxygens (including phenoxy) is 2. The van der Waals surface area contributed by atoms with Gasteiger partial charge in [-0.1, -0.05) is 99.9 Å². The standard InChI is InChI=1S/C36H44N2O2Si2/c1-35(2)21-39-33(37-35)31-27(41(5,6)7)19-23-15-11-13-17-25(23)29(31)30-26-18-14-12-16-24(26)20-28(42(8,9)10)32(30)34-38-36(3,4)22-40-34/h11-20H,21-22H2,1-10H3. The summed E-state index contributed by atoms with van der Waals surface area (Å²) in [5.41, 5.74) is 4.14. The van der Waals surface area contributed by atoms with Crippen LogP contribution in [0.15, 0.2) is 70.6 Å². The Balaban J connectivity index is 1.90. The highest BCUT2D eigenvalue weighted by molar-refractivity contribution is 6.90. The maximum Gasteiger partial charge on any atom is 0.217 e. The number of hydrogen-bond acceptors (Lipinski definition) is 4. The summed E-state index contributed by atoms with van der Waals surface area (Å²) in [4.78, 5) is 10.4. The Bertz CT molecular complexity index is 1670. The fraction of sp³-hybridized carbons (Fsp3) is 0.389. The third kappa shape index (κ3) is 5.03. The molecule has 0 saturated heterocycles. The van der Waals surface area contributed by atoms with Crippen molar-refractivity contribution in [3.63, 3.8) is 0 Å². The Labute approximate surface area is 252 Å². The zero-order valence-electron chi connectivity index (χ0n) is 26.9. The van der Waals surface area contributed by atoms with E-state index in [1.54, 1.807) is 0 Å². The van der Waals surface area contributed by atoms with Crippen LogP contribution in [0.5, 0.6) is 0 Å². The molecule has 6 rings (SSSR count). The van der Waals surface area contributed by atoms with E-state index in [4.69, 9.17) is 19.5 Å². The molecular weight excluding hydrogens is 549 g/mol. The highest BCUT2D eigenvalue weighted by Crippen LogP contribution is 2.42. The van der Waals surface area contributed by atoms with Crippen LogP contribution in [0.4, 0.5) is 0 Å². The van der Waals surface area contributed by atoms with Gasteiger partial charge in [0.25, 0.3) is 0 Å². The lowest BCUT2D eigenvalue weighted by Crippen LogP contribution is -2.43. The first-order valence-corrected chi connectivity index (χ1v) is 22.1. The molecule has 4 aromatic rings. The molecule has 4 aromatic carbocycles. The molecule has 2 aliphatic heterocycles. The minimum Gasteiger partial charge on any atom is -0.475 e. The van der Waals surface area contributed by atoms with Crippen LogP contribution in [0.3, 0.4) is 0 Å². The maximum atomic E-state index is 6.53. The molecule has 0 aromatic heterocycles. The number of nitrogens with zero attached hydrogens (tertiary/aromatic N) is 2. The van der Waals surface area contributed by atoms with Crippen molar-refractivity contribution < 1.29 is 9.47 Å². The molecule has 0 saturated carbocycles. The van der Waals surface area contributed by atoms with Gasteiger partial charge in [-0.25, -0.2) is 9.98 Å². The number of rotatable bonds is 5. The van der Waals surface area contributed by atoms with Crippen molar-refractivity contribution in [1.82, 2.24) is 0 Å². The van der Waals surface area contributed by atoms with Crippen LogP contribution in [0.25, 0.3) is 32.7 Å². The van der Waals surface area contributed by atoms with Gasteiger partial charge in [0, 0.05) is 22.3 Å². The Morgan fingerprint density at radius 1 is 0.548 bits per heavy atom. The topological polar surface area (TPSA) is 43.2 Å². The molecule has 4 nitrogen and oxygen atoms in total. The molecule has 0 N–H and O–H groups in total. The molecule has 0 fully saturated rings. The summed E-state index contributed by atoms with van der Waals surface area (Å²) in [6.07, 6.45) is 0. The molecule has 0 spiro atoms. The summed E-state index contributed by atoms with van der Waals surface area (Å²) in [6.45, 7) is 24.3. The second kappa shape index (κ2) is 9.65. The van der Waals surface area contributed by atoms with E-state index in [1.165, 1.54) is 43.0 Å². The van der Waals surface area contributed by atoms with E-state index in [9.17, 15) is 0 Å². The quantitative estimate of drug-likeness (QED) is 0.221. The summed E-state index contributed by atoms with van der Waals surface area (Å²) in [5.74, 6) is 1.53. The molecule has 0 amide bonds. The van der Waals surface area contributed by atoms with Crippen LogP contribution >= 0.6 is 0 Å². The predicted octanol–water partition coefficient (Wildman–Crippen LogP) is 7.86. The van der Waals surface area contributed by atoms with E-state index in [0.29, 0.717) is 13.2 Å². The molecule has 0 bridgehead atoms. The van der Waals surface area contributed by atoms with Crippen molar-refractivity contribution in [2.24, 2.45) is 9.98 Å². The van der Waals surface area contributed by atoms with Crippen LogP contribution in [-0.2, 0) is 9.47 Å². The molecule has 42 heavy (non-hydrogen) atoms. The van der Waals surface area contributed by atoms with Gasteiger partial charge >= 0.3 is 0 Å². The Morgan fingerprint density at radius 2 is 0.905 bits per heavy atom. The summed E-state index contributed by atoms with van der Waals surface area (Å²) in [7, 11) is -3.75. The highest BCUT2D eigenvalue weighted by Gasteiger charge is 2.38. The zero-order valence-corrected chi connectivity index (χ0v) is 28.9. The fourth-order valence-electron chi connectivity index (χ4n) is 6.27. The first-order valence-electron chi connectivity index (χ1n) is 15.1. The lowest BCUT2D eigenvalue weighted by atomic mass is 9.86. The van der Waals surface area contributed by atoms with E-state index in [2.05, 4.69) is 128 Å². The van der Waals surface area contributed by atoms with Crippen LogP contribution in [0.2, 0.25) is 39.3 Å². The van der Waals surface area contributed by atoms with Crippen LogP contribution < -0.4 is 10.4 Å². The largest absolute Gasteiger partial charge is 0.475 e. The lowest BCUT2D eigenvalue weighted by molar-refractivity contribution is 0.279. The first kappa shape index (κ1) is 28.9. The minimum absolute atomic E-state index is 0.275. The summed E-state index contributed by atoms with van der Waals surface area (Å²) < 4.78 is 13.1. The molecule has 0 unspecified atom stereocenters. The Hall–Kier alpha value is -3.23. The molecular formula is C36H44N2O2Si2. The number of hydrogen-bond donors (Lipinski definition) is 0. The molecule has 218 valence electrons. The van der Waals surface area contributed by atoms with Crippen molar-refractivity contribution in [1.29, 1.82) is 0 Å². The lowest BCUT2D eigenvalue weighted by Gasteiger charge is -2.29. The van der Waals surface area contributed by atoms with E-state index < -0.39 is 16.1 Å². The van der Waals surface area contributed by atoms with Crippen LogP contribution in [0, 0.1) is 0 Å². The Morgan fingerprint density at radius 3 is 1.21 bits per heavy atom. The highest BCUT2D eigenvalue weighted by atomic mass is 28.3. The van der Waals surface area contributed by atoms with Gasteiger partial charge in [-0.05, 0) is 59.6 Å². The van der Waals surface area contributed by atoms with Gasteiger partial charge in [0.15, 0.2) is 0 Å². The van der Waals surface area contributed by atoms with Crippen LogP contribution in [-0.4, -0.2) is 52.2 Å². The zero-order chi connectivity index (χ0) is 30.2. The molecule has 0 aliphatic carbocycles. The van der Waals surface area contributed by atoms with Gasteiger partial charge in [0.1, 0.15) is 13.2 Å². The van der Waals surface area contributed by atoms with E-state index in [-0.39, 0.29) is 11.1 Å².